The van der Waals surface area contributed by atoms with Crippen molar-refractivity contribution in [2.75, 3.05) is 26.2 Å². The minimum absolute atomic E-state index is 0.0267. The van der Waals surface area contributed by atoms with E-state index in [0.717, 1.165) is 18.4 Å². The predicted octanol–water partition coefficient (Wildman–Crippen LogP) is 3.94. The largest absolute Gasteiger partial charge is 0.339 e. The average molecular weight is 471 g/mol. The van der Waals surface area contributed by atoms with E-state index in [-0.39, 0.29) is 29.9 Å². The van der Waals surface area contributed by atoms with Crippen molar-refractivity contribution in [2.45, 2.75) is 38.3 Å². The van der Waals surface area contributed by atoms with E-state index < -0.39 is 6.43 Å². The molecule has 2 aliphatic rings. The molecule has 2 heterocycles. The van der Waals surface area contributed by atoms with E-state index in [1.165, 1.54) is 16.8 Å². The minimum atomic E-state index is -2.68. The number of nitrogens with zero attached hydrogens (tertiary/aromatic N) is 4. The summed E-state index contributed by atoms with van der Waals surface area (Å²) < 4.78 is 41.6. The summed E-state index contributed by atoms with van der Waals surface area (Å²) >= 11 is 3.25. The summed E-state index contributed by atoms with van der Waals surface area (Å²) in [6.07, 6.45) is -0.815. The molecule has 0 N–H and O–H groups in total. The molecule has 0 radical (unpaired) electrons. The molecule has 0 atom stereocenters. The fourth-order valence-corrected chi connectivity index (χ4v) is 4.54. The number of rotatable bonds is 6. The topological polar surface area (TPSA) is 41.4 Å². The van der Waals surface area contributed by atoms with Crippen molar-refractivity contribution < 1.29 is 18.0 Å². The molecular formula is C20H22BrF3N4O. The Bertz CT molecular complexity index is 892. The monoisotopic (exact) mass is 470 g/mol. The molecule has 1 aromatic heterocycles. The van der Waals surface area contributed by atoms with Crippen molar-refractivity contribution in [1.82, 2.24) is 19.6 Å². The van der Waals surface area contributed by atoms with Gasteiger partial charge in [-0.15, -0.1) is 0 Å². The Hall–Kier alpha value is -1.87. The second-order valence-corrected chi connectivity index (χ2v) is 8.40. The van der Waals surface area contributed by atoms with E-state index in [4.69, 9.17) is 0 Å². The van der Waals surface area contributed by atoms with Gasteiger partial charge >= 0.3 is 0 Å². The maximum absolute atomic E-state index is 13.3. The van der Waals surface area contributed by atoms with Crippen LogP contribution in [0, 0.1) is 5.82 Å². The van der Waals surface area contributed by atoms with Gasteiger partial charge in [0.1, 0.15) is 18.1 Å². The highest BCUT2D eigenvalue weighted by atomic mass is 79.9. The summed E-state index contributed by atoms with van der Waals surface area (Å²) in [5, 5.41) is 4.01. The first-order valence-electron chi connectivity index (χ1n) is 9.71. The van der Waals surface area contributed by atoms with Crippen molar-refractivity contribution >= 4 is 21.8 Å². The number of hydrogen-bond donors (Lipinski definition) is 0. The Morgan fingerprint density at radius 1 is 1.21 bits per heavy atom. The van der Waals surface area contributed by atoms with Crippen molar-refractivity contribution in [3.05, 3.63) is 51.5 Å². The van der Waals surface area contributed by atoms with Gasteiger partial charge in [-0.25, -0.2) is 13.2 Å². The molecule has 0 spiro atoms. The standard InChI is InChI=1S/C20H22BrF3N4O/c21-17-18(20(23)24)25-28(19(17)14-4-5-14)12-16(29)27-8-6-26(7-9-27)11-13-2-1-3-15(22)10-13/h1-3,10,14,20H,4-9,11-12H2. The molecule has 0 bridgehead atoms. The van der Waals surface area contributed by atoms with Gasteiger partial charge < -0.3 is 4.90 Å². The van der Waals surface area contributed by atoms with Crippen molar-refractivity contribution in [2.24, 2.45) is 0 Å². The zero-order valence-corrected chi connectivity index (χ0v) is 17.4. The zero-order valence-electron chi connectivity index (χ0n) is 15.8. The van der Waals surface area contributed by atoms with Crippen LogP contribution in [0.1, 0.15) is 42.1 Å². The summed E-state index contributed by atoms with van der Waals surface area (Å²) in [6, 6.07) is 6.52. The summed E-state index contributed by atoms with van der Waals surface area (Å²) in [5.41, 5.74) is 1.32. The van der Waals surface area contributed by atoms with E-state index in [1.807, 2.05) is 6.07 Å². The Balaban J connectivity index is 1.36. The lowest BCUT2D eigenvalue weighted by molar-refractivity contribution is -0.133. The van der Waals surface area contributed by atoms with E-state index in [9.17, 15) is 18.0 Å². The van der Waals surface area contributed by atoms with Crippen molar-refractivity contribution in [1.29, 1.82) is 0 Å². The Kier molecular flexibility index (Phi) is 5.96. The van der Waals surface area contributed by atoms with Crippen LogP contribution in [0.2, 0.25) is 0 Å². The predicted molar refractivity (Wildman–Crippen MR) is 105 cm³/mol. The normalized spacial score (nSPS) is 17.9. The fourth-order valence-electron chi connectivity index (χ4n) is 3.76. The smallest absolute Gasteiger partial charge is 0.283 e. The van der Waals surface area contributed by atoms with E-state index in [1.54, 1.807) is 11.0 Å². The molecule has 0 unspecified atom stereocenters. The number of benzene rings is 1. The lowest BCUT2D eigenvalue weighted by Gasteiger charge is -2.34. The molecule has 1 saturated carbocycles. The lowest BCUT2D eigenvalue weighted by Crippen LogP contribution is -2.49. The van der Waals surface area contributed by atoms with Gasteiger partial charge in [-0.05, 0) is 46.5 Å². The van der Waals surface area contributed by atoms with Gasteiger partial charge in [0.2, 0.25) is 5.91 Å². The zero-order chi connectivity index (χ0) is 20.5. The molecule has 1 amide bonds. The summed E-state index contributed by atoms with van der Waals surface area (Å²) in [7, 11) is 0. The Labute approximate surface area is 175 Å². The maximum Gasteiger partial charge on any atom is 0.283 e. The second kappa shape index (κ2) is 8.47. The number of carbonyl (C=O) groups excluding carboxylic acids is 1. The fraction of sp³-hybridized carbons (Fsp3) is 0.500. The van der Waals surface area contributed by atoms with Crippen LogP contribution < -0.4 is 0 Å². The van der Waals surface area contributed by atoms with Gasteiger partial charge in [0.05, 0.1) is 10.2 Å². The molecule has 2 fully saturated rings. The lowest BCUT2D eigenvalue weighted by atomic mass is 10.2. The van der Waals surface area contributed by atoms with Crippen LogP contribution in [-0.4, -0.2) is 51.7 Å². The van der Waals surface area contributed by atoms with Crippen LogP contribution in [0.15, 0.2) is 28.7 Å². The number of piperazine rings is 1. The molecular weight excluding hydrogens is 449 g/mol. The third-order valence-electron chi connectivity index (χ3n) is 5.43. The van der Waals surface area contributed by atoms with Gasteiger partial charge in [-0.3, -0.25) is 14.4 Å². The number of amides is 1. The van der Waals surface area contributed by atoms with Gasteiger partial charge in [-0.1, -0.05) is 12.1 Å². The second-order valence-electron chi connectivity index (χ2n) is 7.60. The highest BCUT2D eigenvalue weighted by Gasteiger charge is 2.34. The van der Waals surface area contributed by atoms with E-state index in [0.29, 0.717) is 42.9 Å². The van der Waals surface area contributed by atoms with Gasteiger partial charge in [-0.2, -0.15) is 5.10 Å². The third kappa shape index (κ3) is 4.66. The maximum atomic E-state index is 13.3. The van der Waals surface area contributed by atoms with Crippen molar-refractivity contribution in [3.8, 4) is 0 Å². The first-order chi connectivity index (χ1) is 13.9. The molecule has 1 saturated heterocycles. The number of carbonyl (C=O) groups is 1. The molecule has 4 rings (SSSR count). The number of halogens is 4. The molecule has 29 heavy (non-hydrogen) atoms. The molecule has 5 nitrogen and oxygen atoms in total. The number of hydrogen-bond acceptors (Lipinski definition) is 3. The van der Waals surface area contributed by atoms with E-state index >= 15 is 0 Å². The van der Waals surface area contributed by atoms with Gasteiger partial charge in [0.15, 0.2) is 0 Å². The molecule has 1 aromatic carbocycles. The van der Waals surface area contributed by atoms with Crippen LogP contribution in [0.25, 0.3) is 0 Å². The summed E-state index contributed by atoms with van der Waals surface area (Å²) in [4.78, 5) is 16.7. The Morgan fingerprint density at radius 2 is 1.93 bits per heavy atom. The Morgan fingerprint density at radius 3 is 2.55 bits per heavy atom. The van der Waals surface area contributed by atoms with E-state index in [2.05, 4.69) is 25.9 Å². The van der Waals surface area contributed by atoms with Crippen LogP contribution in [0.3, 0.4) is 0 Å². The molecule has 1 aliphatic carbocycles. The van der Waals surface area contributed by atoms with Crippen LogP contribution >= 0.6 is 15.9 Å². The highest BCUT2D eigenvalue weighted by molar-refractivity contribution is 9.10. The summed E-state index contributed by atoms with van der Waals surface area (Å²) in [6.45, 7) is 3.08. The van der Waals surface area contributed by atoms with Gasteiger partial charge in [0.25, 0.3) is 6.43 Å². The SMILES string of the molecule is O=C(Cn1nc(C(F)F)c(Br)c1C1CC1)N1CCN(Cc2cccc(F)c2)CC1. The number of aromatic nitrogens is 2. The first-order valence-corrected chi connectivity index (χ1v) is 10.5. The molecule has 1 aliphatic heterocycles. The molecule has 2 aromatic rings. The molecule has 156 valence electrons. The first kappa shape index (κ1) is 20.4. The van der Waals surface area contributed by atoms with Gasteiger partial charge in [0, 0.05) is 38.6 Å². The average Bonchev–Trinajstić information content (AvgIpc) is 3.46. The van der Waals surface area contributed by atoms with Crippen LogP contribution in [-0.2, 0) is 17.9 Å². The van der Waals surface area contributed by atoms with Crippen molar-refractivity contribution in [3.63, 3.8) is 0 Å². The quantitative estimate of drug-likeness (QED) is 0.641. The summed E-state index contributed by atoms with van der Waals surface area (Å²) in [5.74, 6) is -0.176. The number of alkyl halides is 2. The minimum Gasteiger partial charge on any atom is -0.339 e. The van der Waals surface area contributed by atoms with Crippen LogP contribution in [0.4, 0.5) is 13.2 Å². The third-order valence-corrected chi connectivity index (χ3v) is 6.24. The van der Waals surface area contributed by atoms with Crippen LogP contribution in [0.5, 0.6) is 0 Å². The highest BCUT2D eigenvalue weighted by Crippen LogP contribution is 2.45. The molecule has 9 heteroatoms.